The average molecular weight is 593 g/mol. The summed E-state index contributed by atoms with van der Waals surface area (Å²) in [5.74, 6) is -0.509. The number of halogens is 2. The predicted molar refractivity (Wildman–Crippen MR) is 154 cm³/mol. The van der Waals surface area contributed by atoms with E-state index in [9.17, 15) is 18.0 Å². The molecule has 3 aromatic rings. The van der Waals surface area contributed by atoms with Crippen LogP contribution in [0.25, 0.3) is 0 Å². The van der Waals surface area contributed by atoms with Crippen LogP contribution in [0, 0.1) is 0 Å². The number of sulfonamides is 1. The molecule has 0 aliphatic carbocycles. The van der Waals surface area contributed by atoms with Crippen molar-refractivity contribution in [2.75, 3.05) is 24.5 Å². The Morgan fingerprint density at radius 2 is 1.69 bits per heavy atom. The van der Waals surface area contributed by atoms with E-state index in [2.05, 4.69) is 5.32 Å². The van der Waals surface area contributed by atoms with E-state index in [-0.39, 0.29) is 23.0 Å². The Balaban J connectivity index is 2.09. The summed E-state index contributed by atoms with van der Waals surface area (Å²) < 4.78 is 33.9. The molecule has 0 fully saturated rings. The van der Waals surface area contributed by atoms with E-state index in [4.69, 9.17) is 27.9 Å². The molecule has 208 valence electrons. The standard InChI is InChI=1S/C28H31Cl2N3O5S/c1-4-26(28(35)31-5-2)32(18-20-14-15-21(29)16-25(20)30)27(34)19-33(22-10-9-11-23(17-22)38-3)39(36,37)24-12-7-6-8-13-24/h6-17,26H,4-5,18-19H2,1-3H3,(H,31,35). The first kappa shape index (κ1) is 30.3. The Kier molecular flexibility index (Phi) is 10.6. The molecular weight excluding hydrogens is 561 g/mol. The third-order valence-corrected chi connectivity index (χ3v) is 8.42. The second kappa shape index (κ2) is 13.7. The molecular formula is C28H31Cl2N3O5S. The topological polar surface area (TPSA) is 96.0 Å². The third-order valence-electron chi connectivity index (χ3n) is 6.04. The van der Waals surface area contributed by atoms with Gasteiger partial charge >= 0.3 is 0 Å². The number of nitrogens with one attached hydrogen (secondary N) is 1. The number of ether oxygens (including phenoxy) is 1. The van der Waals surface area contributed by atoms with Crippen molar-refractivity contribution in [3.8, 4) is 5.75 Å². The lowest BCUT2D eigenvalue weighted by atomic mass is 10.1. The lowest BCUT2D eigenvalue weighted by Gasteiger charge is -2.33. The van der Waals surface area contributed by atoms with Crippen LogP contribution in [0.3, 0.4) is 0 Å². The summed E-state index contributed by atoms with van der Waals surface area (Å²) in [6.45, 7) is 3.35. The van der Waals surface area contributed by atoms with Crippen LogP contribution in [0.15, 0.2) is 77.7 Å². The number of carbonyl (C=O) groups is 2. The Morgan fingerprint density at radius 3 is 2.31 bits per heavy atom. The van der Waals surface area contributed by atoms with Gasteiger partial charge in [-0.1, -0.05) is 60.5 Å². The zero-order valence-corrected chi connectivity index (χ0v) is 24.3. The summed E-state index contributed by atoms with van der Waals surface area (Å²) >= 11 is 12.5. The summed E-state index contributed by atoms with van der Waals surface area (Å²) in [4.78, 5) is 28.4. The second-order valence-electron chi connectivity index (χ2n) is 8.60. The van der Waals surface area contributed by atoms with E-state index in [1.807, 2.05) is 0 Å². The van der Waals surface area contributed by atoms with E-state index < -0.39 is 28.5 Å². The highest BCUT2D eigenvalue weighted by atomic mass is 35.5. The van der Waals surface area contributed by atoms with Crippen molar-refractivity contribution in [1.82, 2.24) is 10.2 Å². The maximum atomic E-state index is 14.0. The minimum atomic E-state index is -4.17. The highest BCUT2D eigenvalue weighted by molar-refractivity contribution is 7.92. The van der Waals surface area contributed by atoms with Crippen LogP contribution in [0.5, 0.6) is 5.75 Å². The molecule has 0 saturated carbocycles. The first-order valence-electron chi connectivity index (χ1n) is 12.3. The van der Waals surface area contributed by atoms with Gasteiger partial charge in [0.2, 0.25) is 11.8 Å². The predicted octanol–water partition coefficient (Wildman–Crippen LogP) is 5.14. The number of likely N-dealkylation sites (N-methyl/N-ethyl adjacent to an activating group) is 1. The van der Waals surface area contributed by atoms with Gasteiger partial charge in [0, 0.05) is 29.2 Å². The molecule has 8 nitrogen and oxygen atoms in total. The van der Waals surface area contributed by atoms with Crippen molar-refractivity contribution < 1.29 is 22.7 Å². The Bertz CT molecular complexity index is 1400. The highest BCUT2D eigenvalue weighted by Gasteiger charge is 2.34. The molecule has 3 aromatic carbocycles. The zero-order chi connectivity index (χ0) is 28.6. The third kappa shape index (κ3) is 7.44. The molecule has 11 heteroatoms. The fourth-order valence-electron chi connectivity index (χ4n) is 4.06. The second-order valence-corrected chi connectivity index (χ2v) is 11.3. The first-order chi connectivity index (χ1) is 18.6. The molecule has 1 atom stereocenters. The average Bonchev–Trinajstić information content (AvgIpc) is 2.93. The van der Waals surface area contributed by atoms with Gasteiger partial charge in [-0.15, -0.1) is 0 Å². The van der Waals surface area contributed by atoms with Gasteiger partial charge in [0.15, 0.2) is 0 Å². The van der Waals surface area contributed by atoms with Gasteiger partial charge in [0.25, 0.3) is 10.0 Å². The zero-order valence-electron chi connectivity index (χ0n) is 21.9. The maximum Gasteiger partial charge on any atom is 0.264 e. The van der Waals surface area contributed by atoms with Gasteiger partial charge < -0.3 is 15.0 Å². The van der Waals surface area contributed by atoms with E-state index >= 15 is 0 Å². The van der Waals surface area contributed by atoms with Gasteiger partial charge in [0.1, 0.15) is 18.3 Å². The first-order valence-corrected chi connectivity index (χ1v) is 14.5. The molecule has 2 amide bonds. The van der Waals surface area contributed by atoms with Crippen LogP contribution < -0.4 is 14.4 Å². The number of nitrogens with zero attached hydrogens (tertiary/aromatic N) is 2. The van der Waals surface area contributed by atoms with Crippen molar-refractivity contribution in [3.63, 3.8) is 0 Å². The van der Waals surface area contributed by atoms with Gasteiger partial charge in [-0.3, -0.25) is 13.9 Å². The minimum Gasteiger partial charge on any atom is -0.497 e. The molecule has 1 unspecified atom stereocenters. The molecule has 0 spiro atoms. The van der Waals surface area contributed by atoms with E-state index in [0.29, 0.717) is 34.3 Å². The molecule has 0 heterocycles. The molecule has 0 saturated heterocycles. The maximum absolute atomic E-state index is 14.0. The Morgan fingerprint density at radius 1 is 0.974 bits per heavy atom. The molecule has 0 aromatic heterocycles. The van der Waals surface area contributed by atoms with E-state index in [1.165, 1.54) is 30.2 Å². The molecule has 0 radical (unpaired) electrons. The van der Waals surface area contributed by atoms with Crippen molar-refractivity contribution in [2.24, 2.45) is 0 Å². The lowest BCUT2D eigenvalue weighted by molar-refractivity contribution is -0.140. The van der Waals surface area contributed by atoms with E-state index in [1.54, 1.807) is 68.4 Å². The number of rotatable bonds is 12. The number of amides is 2. The smallest absolute Gasteiger partial charge is 0.264 e. The Labute approximate surface area is 239 Å². The molecule has 0 aliphatic rings. The summed E-state index contributed by atoms with van der Waals surface area (Å²) in [6, 6.07) is 18.3. The van der Waals surface area contributed by atoms with Gasteiger partial charge in [-0.05, 0) is 55.3 Å². The van der Waals surface area contributed by atoms with E-state index in [0.717, 1.165) is 4.31 Å². The van der Waals surface area contributed by atoms with Crippen molar-refractivity contribution in [1.29, 1.82) is 0 Å². The van der Waals surface area contributed by atoms with Gasteiger partial charge in [-0.2, -0.15) is 0 Å². The summed E-state index contributed by atoms with van der Waals surface area (Å²) in [5, 5.41) is 3.52. The lowest BCUT2D eigenvalue weighted by Crippen LogP contribution is -2.52. The largest absolute Gasteiger partial charge is 0.497 e. The van der Waals surface area contributed by atoms with Crippen molar-refractivity contribution >= 4 is 50.7 Å². The Hall–Kier alpha value is -3.27. The number of hydrogen-bond donors (Lipinski definition) is 1. The van der Waals surface area contributed by atoms with Crippen LogP contribution in [-0.4, -0.2) is 51.4 Å². The monoisotopic (exact) mass is 591 g/mol. The molecule has 0 bridgehead atoms. The van der Waals surface area contributed by atoms with Crippen molar-refractivity contribution in [3.05, 3.63) is 88.4 Å². The van der Waals surface area contributed by atoms with Crippen LogP contribution in [0.2, 0.25) is 10.0 Å². The van der Waals surface area contributed by atoms with Crippen LogP contribution in [0.1, 0.15) is 25.8 Å². The normalized spacial score (nSPS) is 11.9. The fourth-order valence-corrected chi connectivity index (χ4v) is 5.95. The summed E-state index contributed by atoms with van der Waals surface area (Å²) in [5.41, 5.74) is 0.804. The molecule has 0 aliphatic heterocycles. The summed E-state index contributed by atoms with van der Waals surface area (Å²) in [6.07, 6.45) is 0.299. The number of hydrogen-bond acceptors (Lipinski definition) is 5. The number of anilines is 1. The molecule has 39 heavy (non-hydrogen) atoms. The van der Waals surface area contributed by atoms with Gasteiger partial charge in [0.05, 0.1) is 17.7 Å². The van der Waals surface area contributed by atoms with Crippen LogP contribution in [0.4, 0.5) is 5.69 Å². The summed E-state index contributed by atoms with van der Waals surface area (Å²) in [7, 11) is -2.70. The SMILES string of the molecule is CCNC(=O)C(CC)N(Cc1ccc(Cl)cc1Cl)C(=O)CN(c1cccc(OC)c1)S(=O)(=O)c1ccccc1. The minimum absolute atomic E-state index is 0.0173. The molecule has 1 N–H and O–H groups in total. The number of methoxy groups -OCH3 is 1. The van der Waals surface area contributed by atoms with Crippen LogP contribution in [-0.2, 0) is 26.2 Å². The van der Waals surface area contributed by atoms with Gasteiger partial charge in [-0.25, -0.2) is 8.42 Å². The number of carbonyl (C=O) groups excluding carboxylic acids is 2. The molecule has 3 rings (SSSR count). The number of benzene rings is 3. The quantitative estimate of drug-likeness (QED) is 0.314. The van der Waals surface area contributed by atoms with Crippen LogP contribution >= 0.6 is 23.2 Å². The fraction of sp³-hybridized carbons (Fsp3) is 0.286. The highest BCUT2D eigenvalue weighted by Crippen LogP contribution is 2.28. The van der Waals surface area contributed by atoms with Crippen molar-refractivity contribution in [2.45, 2.75) is 37.8 Å².